The van der Waals surface area contributed by atoms with Gasteiger partial charge in [0.2, 0.25) is 5.91 Å². The lowest BCUT2D eigenvalue weighted by Crippen LogP contribution is -2.41. The lowest BCUT2D eigenvalue weighted by Gasteiger charge is -2.25. The first-order chi connectivity index (χ1) is 11.6. The number of carbonyl (C=O) groups excluding carboxylic acids is 1. The van der Waals surface area contributed by atoms with Gasteiger partial charge in [0.15, 0.2) is 5.13 Å². The zero-order valence-electron chi connectivity index (χ0n) is 12.9. The van der Waals surface area contributed by atoms with Gasteiger partial charge in [-0.2, -0.15) is 0 Å². The van der Waals surface area contributed by atoms with Crippen LogP contribution in [0.25, 0.3) is 0 Å². The Morgan fingerprint density at radius 1 is 1.25 bits per heavy atom. The van der Waals surface area contributed by atoms with Crippen LogP contribution in [-0.4, -0.2) is 48.6 Å². The van der Waals surface area contributed by atoms with E-state index in [1.165, 1.54) is 11.3 Å². The summed E-state index contributed by atoms with van der Waals surface area (Å²) in [6, 6.07) is 5.46. The van der Waals surface area contributed by atoms with E-state index >= 15 is 0 Å². The molecule has 1 aromatic carbocycles. The molecule has 1 aliphatic heterocycles. The molecule has 1 fully saturated rings. The molecule has 2 heterocycles. The number of rotatable bonds is 5. The molecule has 1 amide bonds. The maximum absolute atomic E-state index is 12.1. The minimum Gasteiger partial charge on any atom is -0.379 e. The van der Waals surface area contributed by atoms with E-state index in [1.807, 2.05) is 12.1 Å². The highest BCUT2D eigenvalue weighted by Crippen LogP contribution is 2.25. The fourth-order valence-corrected chi connectivity index (χ4v) is 3.92. The molecule has 2 aromatic rings. The summed E-state index contributed by atoms with van der Waals surface area (Å²) in [5.41, 5.74) is 1.02. The van der Waals surface area contributed by atoms with Crippen LogP contribution in [0.15, 0.2) is 24.4 Å². The molecule has 0 spiro atoms. The van der Waals surface area contributed by atoms with Gasteiger partial charge in [-0.25, -0.2) is 4.98 Å². The summed E-state index contributed by atoms with van der Waals surface area (Å²) in [5, 5.41) is 4.68. The van der Waals surface area contributed by atoms with Crippen LogP contribution in [-0.2, 0) is 16.0 Å². The van der Waals surface area contributed by atoms with Crippen molar-refractivity contribution < 1.29 is 9.53 Å². The molecule has 0 saturated carbocycles. The zero-order valence-corrected chi connectivity index (χ0v) is 15.3. The average molecular weight is 386 g/mol. The molecule has 8 heteroatoms. The second-order valence-corrected chi connectivity index (χ2v) is 7.51. The topological polar surface area (TPSA) is 54.5 Å². The summed E-state index contributed by atoms with van der Waals surface area (Å²) in [5.74, 6) is -0.0522. The molecular weight excluding hydrogens is 369 g/mol. The number of nitrogens with one attached hydrogen (secondary N) is 1. The minimum atomic E-state index is -0.0522. The van der Waals surface area contributed by atoms with E-state index < -0.39 is 0 Å². The Hall–Kier alpha value is -1.18. The number of morpholine rings is 1. The minimum absolute atomic E-state index is 0.0522. The van der Waals surface area contributed by atoms with Crippen molar-refractivity contribution in [3.05, 3.63) is 44.9 Å². The van der Waals surface area contributed by atoms with E-state index in [2.05, 4.69) is 15.2 Å². The molecule has 1 N–H and O–H groups in total. The lowest BCUT2D eigenvalue weighted by atomic mass is 10.1. The van der Waals surface area contributed by atoms with Crippen LogP contribution in [0.4, 0.5) is 5.13 Å². The number of aromatic nitrogens is 1. The van der Waals surface area contributed by atoms with Crippen LogP contribution in [0.2, 0.25) is 10.0 Å². The summed E-state index contributed by atoms with van der Waals surface area (Å²) in [4.78, 5) is 19.5. The normalized spacial score (nSPS) is 15.4. The fourth-order valence-electron chi connectivity index (χ4n) is 2.48. The van der Waals surface area contributed by atoms with Crippen molar-refractivity contribution in [2.45, 2.75) is 6.42 Å². The number of thiazole rings is 1. The summed E-state index contributed by atoms with van der Waals surface area (Å²) in [6.45, 7) is 3.29. The second kappa shape index (κ2) is 8.27. The molecule has 5 nitrogen and oxygen atoms in total. The van der Waals surface area contributed by atoms with E-state index in [0.29, 0.717) is 41.4 Å². The van der Waals surface area contributed by atoms with Crippen LogP contribution in [0, 0.1) is 0 Å². The van der Waals surface area contributed by atoms with Gasteiger partial charge < -0.3 is 10.1 Å². The van der Waals surface area contributed by atoms with Crippen molar-refractivity contribution in [1.29, 1.82) is 0 Å². The molecule has 0 bridgehead atoms. The van der Waals surface area contributed by atoms with Crippen molar-refractivity contribution in [2.24, 2.45) is 0 Å². The Kier molecular flexibility index (Phi) is 6.08. The predicted octanol–water partition coefficient (Wildman–Crippen LogP) is 3.31. The molecule has 1 aliphatic rings. The average Bonchev–Trinajstić information content (AvgIpc) is 2.94. The Morgan fingerprint density at radius 3 is 2.67 bits per heavy atom. The molecular formula is C16H17Cl2N3O2S. The quantitative estimate of drug-likeness (QED) is 0.857. The van der Waals surface area contributed by atoms with Crippen LogP contribution in [0.1, 0.15) is 10.4 Å². The van der Waals surface area contributed by atoms with Gasteiger partial charge in [-0.1, -0.05) is 23.2 Å². The SMILES string of the molecule is O=C(CN1CCOCC1)Nc1ncc(Cc2cc(Cl)cc(Cl)c2)s1. The Balaban J connectivity index is 1.55. The van der Waals surface area contributed by atoms with Crippen molar-refractivity contribution in [3.63, 3.8) is 0 Å². The third kappa shape index (κ3) is 5.16. The molecule has 0 radical (unpaired) electrons. The highest BCUT2D eigenvalue weighted by atomic mass is 35.5. The first kappa shape index (κ1) is 17.6. The van der Waals surface area contributed by atoms with Crippen molar-refractivity contribution in [1.82, 2.24) is 9.88 Å². The van der Waals surface area contributed by atoms with Gasteiger partial charge in [0.05, 0.1) is 19.8 Å². The maximum Gasteiger partial charge on any atom is 0.240 e. The Morgan fingerprint density at radius 2 is 1.96 bits per heavy atom. The number of benzene rings is 1. The number of hydrogen-bond acceptors (Lipinski definition) is 5. The van der Waals surface area contributed by atoms with Crippen molar-refractivity contribution in [2.75, 3.05) is 38.2 Å². The number of halogens is 2. The molecule has 0 atom stereocenters. The number of nitrogens with zero attached hydrogens (tertiary/aromatic N) is 2. The summed E-state index contributed by atoms with van der Waals surface area (Å²) < 4.78 is 5.27. The molecule has 3 rings (SSSR count). The number of amides is 1. The molecule has 1 aromatic heterocycles. The van der Waals surface area contributed by atoms with E-state index in [0.717, 1.165) is 23.5 Å². The number of hydrogen-bond donors (Lipinski definition) is 1. The van der Waals surface area contributed by atoms with Gasteiger partial charge in [0.25, 0.3) is 0 Å². The maximum atomic E-state index is 12.1. The standard InChI is InChI=1S/C16H17Cl2N3O2S/c17-12-5-11(6-13(18)8-12)7-14-9-19-16(24-14)20-15(22)10-21-1-3-23-4-2-21/h5-6,8-9H,1-4,7,10H2,(H,19,20,22). The van der Waals surface area contributed by atoms with Crippen molar-refractivity contribution >= 4 is 45.6 Å². The van der Waals surface area contributed by atoms with Crippen LogP contribution in [0.3, 0.4) is 0 Å². The monoisotopic (exact) mass is 385 g/mol. The van der Waals surface area contributed by atoms with E-state index in [-0.39, 0.29) is 5.91 Å². The molecule has 128 valence electrons. The van der Waals surface area contributed by atoms with E-state index in [9.17, 15) is 4.79 Å². The Labute approximate surface area is 154 Å². The zero-order chi connectivity index (χ0) is 16.9. The first-order valence-corrected chi connectivity index (χ1v) is 9.15. The van der Waals surface area contributed by atoms with Gasteiger partial charge in [-0.15, -0.1) is 11.3 Å². The Bertz CT molecular complexity index is 697. The summed E-state index contributed by atoms with van der Waals surface area (Å²) in [6.07, 6.45) is 2.45. The van der Waals surface area contributed by atoms with E-state index in [1.54, 1.807) is 12.3 Å². The van der Waals surface area contributed by atoms with Crippen LogP contribution in [0.5, 0.6) is 0 Å². The van der Waals surface area contributed by atoms with Crippen molar-refractivity contribution in [3.8, 4) is 0 Å². The van der Waals surface area contributed by atoms with Crippen LogP contribution < -0.4 is 5.32 Å². The van der Waals surface area contributed by atoms with Gasteiger partial charge in [0.1, 0.15) is 0 Å². The fraction of sp³-hybridized carbons (Fsp3) is 0.375. The van der Waals surface area contributed by atoms with Gasteiger partial charge in [-0.05, 0) is 23.8 Å². The molecule has 1 saturated heterocycles. The first-order valence-electron chi connectivity index (χ1n) is 7.58. The third-order valence-electron chi connectivity index (χ3n) is 3.57. The van der Waals surface area contributed by atoms with Gasteiger partial charge >= 0.3 is 0 Å². The highest BCUT2D eigenvalue weighted by molar-refractivity contribution is 7.15. The number of anilines is 1. The molecule has 24 heavy (non-hydrogen) atoms. The van der Waals surface area contributed by atoms with Gasteiger partial charge in [-0.3, -0.25) is 9.69 Å². The van der Waals surface area contributed by atoms with Crippen LogP contribution >= 0.6 is 34.5 Å². The lowest BCUT2D eigenvalue weighted by molar-refractivity contribution is -0.118. The second-order valence-electron chi connectivity index (χ2n) is 5.52. The van der Waals surface area contributed by atoms with Gasteiger partial charge in [0, 0.05) is 40.6 Å². The van der Waals surface area contributed by atoms with E-state index in [4.69, 9.17) is 27.9 Å². The third-order valence-corrected chi connectivity index (χ3v) is 4.92. The largest absolute Gasteiger partial charge is 0.379 e. The molecule has 0 unspecified atom stereocenters. The number of ether oxygens (including phenoxy) is 1. The number of carbonyl (C=O) groups is 1. The summed E-state index contributed by atoms with van der Waals surface area (Å²) in [7, 11) is 0. The highest BCUT2D eigenvalue weighted by Gasteiger charge is 2.15. The predicted molar refractivity (Wildman–Crippen MR) is 97.3 cm³/mol. The summed E-state index contributed by atoms with van der Waals surface area (Å²) >= 11 is 13.5. The smallest absolute Gasteiger partial charge is 0.240 e. The molecule has 0 aliphatic carbocycles.